The van der Waals surface area contributed by atoms with Gasteiger partial charge in [-0.25, -0.2) is 0 Å². The molecule has 4 rings (SSSR count). The molecular weight excluding hydrogens is 362 g/mol. The number of rotatable bonds is 5. The van der Waals surface area contributed by atoms with Crippen molar-refractivity contribution in [2.75, 3.05) is 19.6 Å². The molecule has 0 fully saturated rings. The highest BCUT2D eigenvalue weighted by Gasteiger charge is 2.33. The van der Waals surface area contributed by atoms with E-state index in [1.165, 1.54) is 0 Å². The molecule has 2 aromatic carbocycles. The molecule has 1 aliphatic heterocycles. The minimum atomic E-state index is -0.141. The molecule has 1 aliphatic rings. The maximum absolute atomic E-state index is 13.3. The number of nitrogens with zero attached hydrogens (tertiary/aromatic N) is 3. The van der Waals surface area contributed by atoms with Crippen LogP contribution in [0.4, 0.5) is 0 Å². The van der Waals surface area contributed by atoms with Gasteiger partial charge in [0.1, 0.15) is 6.54 Å². The van der Waals surface area contributed by atoms with Crippen molar-refractivity contribution in [3.8, 4) is 0 Å². The van der Waals surface area contributed by atoms with Gasteiger partial charge < -0.3 is 14.4 Å². The molecule has 1 aromatic heterocycles. The van der Waals surface area contributed by atoms with Crippen LogP contribution in [0.25, 0.3) is 0 Å². The Bertz CT molecular complexity index is 982. The quantitative estimate of drug-likeness (QED) is 0.672. The first-order valence-corrected chi connectivity index (χ1v) is 10.0. The Morgan fingerprint density at radius 1 is 0.931 bits per heavy atom. The maximum Gasteiger partial charge on any atom is 0.254 e. The fourth-order valence-corrected chi connectivity index (χ4v) is 3.98. The average Bonchev–Trinajstić information content (AvgIpc) is 3.26. The second kappa shape index (κ2) is 8.35. The minimum absolute atomic E-state index is 0.0302. The fourth-order valence-electron chi connectivity index (χ4n) is 3.98. The van der Waals surface area contributed by atoms with Gasteiger partial charge in [0, 0.05) is 37.1 Å². The topological polar surface area (TPSA) is 45.6 Å². The third kappa shape index (κ3) is 3.81. The van der Waals surface area contributed by atoms with Crippen LogP contribution in [0.15, 0.2) is 79.0 Å². The molecule has 0 N–H and O–H groups in total. The summed E-state index contributed by atoms with van der Waals surface area (Å²) >= 11 is 0. The SMILES string of the molecule is CCN(CC(=O)N1CCn2cccc2C1c1ccccc1)C(=O)c1ccccc1. The van der Waals surface area contributed by atoms with Gasteiger partial charge >= 0.3 is 0 Å². The van der Waals surface area contributed by atoms with Crippen LogP contribution in [-0.2, 0) is 11.3 Å². The van der Waals surface area contributed by atoms with E-state index in [0.29, 0.717) is 18.7 Å². The summed E-state index contributed by atoms with van der Waals surface area (Å²) in [6, 6.07) is 23.2. The maximum atomic E-state index is 13.3. The summed E-state index contributed by atoms with van der Waals surface area (Å²) < 4.78 is 2.20. The highest BCUT2D eigenvalue weighted by molar-refractivity contribution is 5.96. The number of fused-ring (bicyclic) bond motifs is 1. The molecule has 0 spiro atoms. The van der Waals surface area contributed by atoms with Gasteiger partial charge in [-0.15, -0.1) is 0 Å². The number of carbonyl (C=O) groups is 2. The molecule has 0 saturated carbocycles. The lowest BCUT2D eigenvalue weighted by Crippen LogP contribution is -2.48. The largest absolute Gasteiger partial charge is 0.348 e. The van der Waals surface area contributed by atoms with Crippen molar-refractivity contribution in [1.29, 1.82) is 0 Å². The zero-order valence-electron chi connectivity index (χ0n) is 16.6. The smallest absolute Gasteiger partial charge is 0.254 e. The number of likely N-dealkylation sites (N-methyl/N-ethyl adjacent to an activating group) is 1. The van der Waals surface area contributed by atoms with E-state index >= 15 is 0 Å². The standard InChI is InChI=1S/C24H25N3O2/c1-2-25(24(29)20-12-7-4-8-13-20)18-22(28)27-17-16-26-15-9-14-21(26)23(27)19-10-5-3-6-11-19/h3-15,23H,2,16-18H2,1H3. The summed E-state index contributed by atoms with van der Waals surface area (Å²) in [4.78, 5) is 29.7. The molecule has 29 heavy (non-hydrogen) atoms. The van der Waals surface area contributed by atoms with E-state index in [1.807, 2.05) is 54.3 Å². The fraction of sp³-hybridized carbons (Fsp3) is 0.250. The van der Waals surface area contributed by atoms with Crippen molar-refractivity contribution in [3.63, 3.8) is 0 Å². The van der Waals surface area contributed by atoms with E-state index in [1.54, 1.807) is 17.0 Å². The van der Waals surface area contributed by atoms with Gasteiger partial charge in [-0.2, -0.15) is 0 Å². The van der Waals surface area contributed by atoms with Crippen LogP contribution in [0.2, 0.25) is 0 Å². The molecule has 0 radical (unpaired) electrons. The van der Waals surface area contributed by atoms with Crippen molar-refractivity contribution in [2.24, 2.45) is 0 Å². The van der Waals surface area contributed by atoms with Crippen LogP contribution in [0.5, 0.6) is 0 Å². The van der Waals surface area contributed by atoms with Crippen LogP contribution in [-0.4, -0.2) is 45.8 Å². The Labute approximate surface area is 171 Å². The predicted octanol–water partition coefficient (Wildman–Crippen LogP) is 3.58. The van der Waals surface area contributed by atoms with Gasteiger partial charge in [0.05, 0.1) is 6.04 Å². The van der Waals surface area contributed by atoms with Crippen molar-refractivity contribution in [2.45, 2.75) is 19.5 Å². The highest BCUT2D eigenvalue weighted by atomic mass is 16.2. The lowest BCUT2D eigenvalue weighted by molar-refractivity contribution is -0.134. The molecular formula is C24H25N3O2. The monoisotopic (exact) mass is 387 g/mol. The first kappa shape index (κ1) is 19.0. The zero-order chi connectivity index (χ0) is 20.2. The number of hydrogen-bond donors (Lipinski definition) is 0. The van der Waals surface area contributed by atoms with Gasteiger partial charge in [0.2, 0.25) is 5.91 Å². The Balaban J connectivity index is 1.59. The molecule has 0 bridgehead atoms. The van der Waals surface area contributed by atoms with Crippen molar-refractivity contribution in [3.05, 3.63) is 95.8 Å². The Morgan fingerprint density at radius 3 is 2.31 bits per heavy atom. The number of carbonyl (C=O) groups excluding carboxylic acids is 2. The summed E-state index contributed by atoms with van der Waals surface area (Å²) in [6.45, 7) is 3.85. The van der Waals surface area contributed by atoms with Crippen LogP contribution < -0.4 is 0 Å². The first-order valence-electron chi connectivity index (χ1n) is 10.0. The average molecular weight is 387 g/mol. The van der Waals surface area contributed by atoms with Crippen LogP contribution in [0, 0.1) is 0 Å². The van der Waals surface area contributed by atoms with E-state index in [0.717, 1.165) is 17.8 Å². The van der Waals surface area contributed by atoms with Gasteiger partial charge in [-0.1, -0.05) is 48.5 Å². The van der Waals surface area contributed by atoms with E-state index < -0.39 is 0 Å². The Hall–Kier alpha value is -3.34. The molecule has 148 valence electrons. The second-order valence-corrected chi connectivity index (χ2v) is 7.21. The molecule has 2 amide bonds. The molecule has 0 saturated heterocycles. The predicted molar refractivity (Wildman–Crippen MR) is 112 cm³/mol. The number of benzene rings is 2. The molecule has 2 heterocycles. The van der Waals surface area contributed by atoms with E-state index in [4.69, 9.17) is 0 Å². The molecule has 1 unspecified atom stereocenters. The minimum Gasteiger partial charge on any atom is -0.348 e. The number of hydrogen-bond acceptors (Lipinski definition) is 2. The zero-order valence-corrected chi connectivity index (χ0v) is 16.6. The summed E-state index contributed by atoms with van der Waals surface area (Å²) in [5, 5.41) is 0. The Kier molecular flexibility index (Phi) is 5.47. The second-order valence-electron chi connectivity index (χ2n) is 7.21. The van der Waals surface area contributed by atoms with E-state index in [-0.39, 0.29) is 24.4 Å². The number of amides is 2. The summed E-state index contributed by atoms with van der Waals surface area (Å²) in [5.41, 5.74) is 2.79. The third-order valence-electron chi connectivity index (χ3n) is 5.49. The van der Waals surface area contributed by atoms with Gasteiger partial charge in [-0.05, 0) is 36.8 Å². The van der Waals surface area contributed by atoms with Crippen LogP contribution in [0.1, 0.15) is 34.6 Å². The normalized spacial score (nSPS) is 15.6. The first-order chi connectivity index (χ1) is 14.2. The summed E-state index contributed by atoms with van der Waals surface area (Å²) in [7, 11) is 0. The lowest BCUT2D eigenvalue weighted by atomic mass is 10.00. The summed E-state index contributed by atoms with van der Waals surface area (Å²) in [6.07, 6.45) is 2.06. The van der Waals surface area contributed by atoms with E-state index in [2.05, 4.69) is 29.0 Å². The van der Waals surface area contributed by atoms with Gasteiger partial charge in [0.25, 0.3) is 5.91 Å². The van der Waals surface area contributed by atoms with Crippen molar-refractivity contribution < 1.29 is 9.59 Å². The van der Waals surface area contributed by atoms with Gasteiger partial charge in [0.15, 0.2) is 0 Å². The van der Waals surface area contributed by atoms with Crippen LogP contribution >= 0.6 is 0 Å². The number of aromatic nitrogens is 1. The van der Waals surface area contributed by atoms with Crippen molar-refractivity contribution in [1.82, 2.24) is 14.4 Å². The third-order valence-corrected chi connectivity index (χ3v) is 5.49. The summed E-state index contributed by atoms with van der Waals surface area (Å²) in [5.74, 6) is -0.143. The highest BCUT2D eigenvalue weighted by Crippen LogP contribution is 2.32. The molecule has 1 atom stereocenters. The van der Waals surface area contributed by atoms with E-state index in [9.17, 15) is 9.59 Å². The lowest BCUT2D eigenvalue weighted by Gasteiger charge is -2.38. The Morgan fingerprint density at radius 2 is 1.62 bits per heavy atom. The molecule has 5 heteroatoms. The van der Waals surface area contributed by atoms with Crippen molar-refractivity contribution >= 4 is 11.8 Å². The van der Waals surface area contributed by atoms with Gasteiger partial charge in [-0.3, -0.25) is 9.59 Å². The molecule has 0 aliphatic carbocycles. The molecule has 3 aromatic rings. The van der Waals surface area contributed by atoms with Crippen LogP contribution in [0.3, 0.4) is 0 Å². The molecule has 5 nitrogen and oxygen atoms in total.